The van der Waals surface area contributed by atoms with Gasteiger partial charge in [0.1, 0.15) is 11.5 Å². The van der Waals surface area contributed by atoms with Crippen LogP contribution < -0.4 is 9.47 Å². The van der Waals surface area contributed by atoms with E-state index in [1.165, 1.54) is 24.6 Å². The average Bonchev–Trinajstić information content (AvgIpc) is 2.61. The van der Waals surface area contributed by atoms with Crippen LogP contribution in [-0.4, -0.2) is 18.3 Å². The number of hydrogen-bond donors (Lipinski definition) is 0. The number of benzene rings is 2. The van der Waals surface area contributed by atoms with E-state index in [9.17, 15) is 4.79 Å². The molecule has 24 heavy (non-hydrogen) atoms. The van der Waals surface area contributed by atoms with E-state index in [2.05, 4.69) is 6.92 Å². The van der Waals surface area contributed by atoms with E-state index in [-0.39, 0.29) is 5.12 Å². The highest BCUT2D eigenvalue weighted by atomic mass is 32.2. The number of hydrogen-bond acceptors (Lipinski definition) is 4. The zero-order valence-electron chi connectivity index (χ0n) is 14.3. The summed E-state index contributed by atoms with van der Waals surface area (Å²) in [5, 5.41) is 0.0247. The van der Waals surface area contributed by atoms with Crippen LogP contribution in [0.3, 0.4) is 0 Å². The van der Waals surface area contributed by atoms with E-state index in [0.29, 0.717) is 12.2 Å². The lowest BCUT2D eigenvalue weighted by molar-refractivity contribution is 0.108. The largest absolute Gasteiger partial charge is 0.494 e. The van der Waals surface area contributed by atoms with Crippen LogP contribution in [0.2, 0.25) is 0 Å². The van der Waals surface area contributed by atoms with Gasteiger partial charge in [-0.15, -0.1) is 0 Å². The molecule has 2 rings (SSSR count). The number of rotatable bonds is 9. The fourth-order valence-electron chi connectivity index (χ4n) is 2.17. The van der Waals surface area contributed by atoms with Crippen LogP contribution in [0.25, 0.3) is 0 Å². The van der Waals surface area contributed by atoms with Crippen molar-refractivity contribution in [2.24, 2.45) is 0 Å². The number of carbonyl (C=O) groups excluding carboxylic acids is 1. The molecule has 0 aliphatic heterocycles. The van der Waals surface area contributed by atoms with Gasteiger partial charge in [-0.1, -0.05) is 19.8 Å². The van der Waals surface area contributed by atoms with E-state index in [1.54, 1.807) is 0 Å². The highest BCUT2D eigenvalue weighted by molar-refractivity contribution is 8.14. The molecule has 0 saturated carbocycles. The van der Waals surface area contributed by atoms with Gasteiger partial charge in [-0.25, -0.2) is 0 Å². The van der Waals surface area contributed by atoms with Gasteiger partial charge in [-0.3, -0.25) is 4.79 Å². The SMILES string of the molecule is CCCCCOc1ccc(C(=O)Sc2ccc(OCC)cc2)cc1. The molecule has 0 amide bonds. The minimum Gasteiger partial charge on any atom is -0.494 e. The molecule has 2 aromatic rings. The van der Waals surface area contributed by atoms with Gasteiger partial charge in [0.2, 0.25) is 5.12 Å². The molecule has 0 aliphatic carbocycles. The van der Waals surface area contributed by atoms with Gasteiger partial charge in [0.25, 0.3) is 0 Å². The minimum absolute atomic E-state index is 0.0247. The van der Waals surface area contributed by atoms with Crippen molar-refractivity contribution in [2.75, 3.05) is 13.2 Å². The Morgan fingerprint density at radius 2 is 1.50 bits per heavy atom. The Kier molecular flexibility index (Phi) is 7.69. The molecule has 0 heterocycles. The summed E-state index contributed by atoms with van der Waals surface area (Å²) in [5.41, 5.74) is 0.676. The van der Waals surface area contributed by atoms with Crippen molar-refractivity contribution in [3.05, 3.63) is 54.1 Å². The maximum atomic E-state index is 12.3. The summed E-state index contributed by atoms with van der Waals surface area (Å²) in [5.74, 6) is 1.63. The van der Waals surface area contributed by atoms with Crippen molar-refractivity contribution in [3.8, 4) is 11.5 Å². The van der Waals surface area contributed by atoms with E-state index in [1.807, 2.05) is 55.5 Å². The molecular weight excluding hydrogens is 320 g/mol. The van der Waals surface area contributed by atoms with Crippen LogP contribution in [0.5, 0.6) is 11.5 Å². The Hall–Kier alpha value is -1.94. The summed E-state index contributed by atoms with van der Waals surface area (Å²) in [4.78, 5) is 13.2. The number of ether oxygens (including phenoxy) is 2. The van der Waals surface area contributed by atoms with Crippen molar-refractivity contribution in [3.63, 3.8) is 0 Å². The quantitative estimate of drug-likeness (QED) is 0.439. The van der Waals surface area contributed by atoms with E-state index >= 15 is 0 Å². The number of carbonyl (C=O) groups is 1. The molecule has 0 aliphatic rings. The standard InChI is InChI=1S/C20H24O3S/c1-3-5-6-15-23-18-9-7-16(8-10-18)20(21)24-19-13-11-17(12-14-19)22-4-2/h7-14H,3-6,15H2,1-2H3. The summed E-state index contributed by atoms with van der Waals surface area (Å²) >= 11 is 1.22. The van der Waals surface area contributed by atoms with Crippen LogP contribution in [0, 0.1) is 0 Å². The van der Waals surface area contributed by atoms with Crippen LogP contribution >= 0.6 is 11.8 Å². The topological polar surface area (TPSA) is 35.5 Å². The lowest BCUT2D eigenvalue weighted by Gasteiger charge is -2.07. The minimum atomic E-state index is 0.0247. The van der Waals surface area contributed by atoms with Crippen molar-refractivity contribution < 1.29 is 14.3 Å². The first-order valence-corrected chi connectivity index (χ1v) is 9.22. The molecule has 0 spiro atoms. The zero-order valence-corrected chi connectivity index (χ0v) is 15.1. The third kappa shape index (κ3) is 5.93. The molecule has 0 unspecified atom stereocenters. The number of thioether (sulfide) groups is 1. The van der Waals surface area contributed by atoms with Gasteiger partial charge in [-0.05, 0) is 73.6 Å². The van der Waals surface area contributed by atoms with Crippen molar-refractivity contribution >= 4 is 16.9 Å². The first-order chi connectivity index (χ1) is 11.7. The Balaban J connectivity index is 1.87. The molecule has 2 aromatic carbocycles. The highest BCUT2D eigenvalue weighted by Gasteiger charge is 2.08. The van der Waals surface area contributed by atoms with Gasteiger partial charge in [0.05, 0.1) is 13.2 Å². The Bertz CT molecular complexity index is 620. The molecule has 4 heteroatoms. The Labute approximate surface area is 148 Å². The molecule has 3 nitrogen and oxygen atoms in total. The molecule has 0 aromatic heterocycles. The molecule has 0 atom stereocenters. The van der Waals surface area contributed by atoms with Gasteiger partial charge >= 0.3 is 0 Å². The third-order valence-corrected chi connectivity index (χ3v) is 4.38. The second-order valence-corrected chi connectivity index (χ2v) is 6.42. The molecule has 0 fully saturated rings. The second kappa shape index (κ2) is 10.0. The second-order valence-electron chi connectivity index (χ2n) is 5.37. The van der Waals surface area contributed by atoms with Gasteiger partial charge in [0.15, 0.2) is 0 Å². The van der Waals surface area contributed by atoms with E-state index in [0.717, 1.165) is 29.4 Å². The van der Waals surface area contributed by atoms with Crippen molar-refractivity contribution in [2.45, 2.75) is 38.0 Å². The Morgan fingerprint density at radius 1 is 0.875 bits per heavy atom. The monoisotopic (exact) mass is 344 g/mol. The fourth-order valence-corrected chi connectivity index (χ4v) is 2.91. The summed E-state index contributed by atoms with van der Waals surface area (Å²) < 4.78 is 11.1. The lowest BCUT2D eigenvalue weighted by atomic mass is 10.2. The fraction of sp³-hybridized carbons (Fsp3) is 0.350. The normalized spacial score (nSPS) is 10.4. The predicted octanol–water partition coefficient (Wildman–Crippen LogP) is 5.59. The smallest absolute Gasteiger partial charge is 0.224 e. The van der Waals surface area contributed by atoms with Crippen LogP contribution in [0.1, 0.15) is 43.5 Å². The molecule has 128 valence electrons. The molecule has 0 saturated heterocycles. The highest BCUT2D eigenvalue weighted by Crippen LogP contribution is 2.26. The summed E-state index contributed by atoms with van der Waals surface area (Å²) in [6.07, 6.45) is 3.42. The maximum Gasteiger partial charge on any atom is 0.224 e. The summed E-state index contributed by atoms with van der Waals surface area (Å²) in [6.45, 7) is 5.48. The van der Waals surface area contributed by atoms with Crippen molar-refractivity contribution in [1.82, 2.24) is 0 Å². The number of unbranched alkanes of at least 4 members (excludes halogenated alkanes) is 2. The van der Waals surface area contributed by atoms with E-state index < -0.39 is 0 Å². The summed E-state index contributed by atoms with van der Waals surface area (Å²) in [6, 6.07) is 14.9. The van der Waals surface area contributed by atoms with Gasteiger partial charge in [0, 0.05) is 10.5 Å². The predicted molar refractivity (Wildman–Crippen MR) is 99.3 cm³/mol. The van der Waals surface area contributed by atoms with Crippen LogP contribution in [0.15, 0.2) is 53.4 Å². The molecule has 0 N–H and O–H groups in total. The third-order valence-electron chi connectivity index (χ3n) is 3.45. The first-order valence-electron chi connectivity index (χ1n) is 8.40. The molecular formula is C20H24O3S. The average molecular weight is 344 g/mol. The maximum absolute atomic E-state index is 12.3. The summed E-state index contributed by atoms with van der Waals surface area (Å²) in [7, 11) is 0. The van der Waals surface area contributed by atoms with Crippen LogP contribution in [-0.2, 0) is 0 Å². The molecule has 0 bridgehead atoms. The van der Waals surface area contributed by atoms with Gasteiger partial charge in [-0.2, -0.15) is 0 Å². The first kappa shape index (κ1) is 18.4. The van der Waals surface area contributed by atoms with E-state index in [4.69, 9.17) is 9.47 Å². The zero-order chi connectivity index (χ0) is 17.2. The molecule has 0 radical (unpaired) electrons. The Morgan fingerprint density at radius 3 is 2.12 bits per heavy atom. The van der Waals surface area contributed by atoms with Crippen molar-refractivity contribution in [1.29, 1.82) is 0 Å². The van der Waals surface area contributed by atoms with Crippen LogP contribution in [0.4, 0.5) is 0 Å². The lowest BCUT2D eigenvalue weighted by Crippen LogP contribution is -1.98. The van der Waals surface area contributed by atoms with Gasteiger partial charge < -0.3 is 9.47 Å².